The molecule has 3 heteroatoms. The lowest BCUT2D eigenvalue weighted by atomic mass is 9.96. The van der Waals surface area contributed by atoms with Gasteiger partial charge in [-0.3, -0.25) is 4.79 Å². The molecule has 0 aromatic carbocycles. The topological polar surface area (TPSA) is 32.3 Å². The van der Waals surface area contributed by atoms with Gasteiger partial charge in [0.15, 0.2) is 0 Å². The second kappa shape index (κ2) is 6.83. The van der Waals surface area contributed by atoms with Crippen LogP contribution in [0.1, 0.15) is 39.5 Å². The van der Waals surface area contributed by atoms with Crippen LogP contribution in [0.15, 0.2) is 0 Å². The predicted molar refractivity (Wildman–Crippen MR) is 62.8 cm³/mol. The van der Waals surface area contributed by atoms with Crippen molar-refractivity contribution in [1.29, 1.82) is 0 Å². The van der Waals surface area contributed by atoms with Crippen molar-refractivity contribution in [2.75, 3.05) is 26.2 Å². The molecule has 1 N–H and O–H groups in total. The van der Waals surface area contributed by atoms with E-state index in [0.29, 0.717) is 11.8 Å². The summed E-state index contributed by atoms with van der Waals surface area (Å²) in [5, 5.41) is 3.38. The first kappa shape index (κ1) is 12.5. The van der Waals surface area contributed by atoms with Gasteiger partial charge < -0.3 is 10.2 Å². The number of hydrogen-bond acceptors (Lipinski definition) is 2. The lowest BCUT2D eigenvalue weighted by molar-refractivity contribution is -0.131. The summed E-state index contributed by atoms with van der Waals surface area (Å²) < 4.78 is 0. The van der Waals surface area contributed by atoms with Crippen molar-refractivity contribution in [1.82, 2.24) is 10.2 Å². The highest BCUT2D eigenvalue weighted by Gasteiger charge is 2.18. The summed E-state index contributed by atoms with van der Waals surface area (Å²) in [7, 11) is 0. The van der Waals surface area contributed by atoms with E-state index < -0.39 is 0 Å². The summed E-state index contributed by atoms with van der Waals surface area (Å²) in [6, 6.07) is 0. The Kier molecular flexibility index (Phi) is 5.69. The zero-order valence-corrected chi connectivity index (χ0v) is 10.1. The maximum Gasteiger partial charge on any atom is 0.222 e. The average Bonchev–Trinajstić information content (AvgIpc) is 2.48. The van der Waals surface area contributed by atoms with Crippen LogP contribution in [0.2, 0.25) is 0 Å². The molecule has 3 nitrogen and oxygen atoms in total. The SMILES string of the molecule is CCN(CC)C(=O)CC1CCCNCC1. The summed E-state index contributed by atoms with van der Waals surface area (Å²) >= 11 is 0. The third kappa shape index (κ3) is 4.20. The number of carbonyl (C=O) groups is 1. The van der Waals surface area contributed by atoms with E-state index in [1.807, 2.05) is 4.90 Å². The molecule has 88 valence electrons. The van der Waals surface area contributed by atoms with Crippen LogP contribution < -0.4 is 5.32 Å². The molecule has 0 aromatic rings. The van der Waals surface area contributed by atoms with Crippen molar-refractivity contribution in [3.05, 3.63) is 0 Å². The minimum Gasteiger partial charge on any atom is -0.343 e. The van der Waals surface area contributed by atoms with E-state index in [9.17, 15) is 4.79 Å². The smallest absolute Gasteiger partial charge is 0.222 e. The lowest BCUT2D eigenvalue weighted by Gasteiger charge is -2.21. The van der Waals surface area contributed by atoms with Crippen LogP contribution in [0.25, 0.3) is 0 Å². The number of amides is 1. The van der Waals surface area contributed by atoms with E-state index in [-0.39, 0.29) is 0 Å². The summed E-state index contributed by atoms with van der Waals surface area (Å²) in [4.78, 5) is 13.8. The first-order valence-corrected chi connectivity index (χ1v) is 6.26. The zero-order chi connectivity index (χ0) is 11.1. The highest BCUT2D eigenvalue weighted by Crippen LogP contribution is 2.18. The standard InChI is InChI=1S/C12H24N2O/c1-3-14(4-2)12(15)10-11-6-5-8-13-9-7-11/h11,13H,3-10H2,1-2H3. The highest BCUT2D eigenvalue weighted by molar-refractivity contribution is 5.76. The molecular formula is C12H24N2O. The van der Waals surface area contributed by atoms with Crippen molar-refractivity contribution in [2.24, 2.45) is 5.92 Å². The molecule has 0 radical (unpaired) electrons. The van der Waals surface area contributed by atoms with E-state index >= 15 is 0 Å². The summed E-state index contributed by atoms with van der Waals surface area (Å²) in [6.45, 7) is 8.00. The number of nitrogens with one attached hydrogen (secondary N) is 1. The summed E-state index contributed by atoms with van der Waals surface area (Å²) in [5.74, 6) is 0.944. The fourth-order valence-corrected chi connectivity index (χ4v) is 2.25. The van der Waals surface area contributed by atoms with Crippen molar-refractivity contribution in [2.45, 2.75) is 39.5 Å². The number of hydrogen-bond donors (Lipinski definition) is 1. The molecule has 1 atom stereocenters. The van der Waals surface area contributed by atoms with Crippen molar-refractivity contribution in [3.8, 4) is 0 Å². The van der Waals surface area contributed by atoms with Crippen LogP contribution in [0.3, 0.4) is 0 Å². The first-order valence-electron chi connectivity index (χ1n) is 6.26. The summed E-state index contributed by atoms with van der Waals surface area (Å²) in [6.07, 6.45) is 4.34. The van der Waals surface area contributed by atoms with Gasteiger partial charge in [0.1, 0.15) is 0 Å². The van der Waals surface area contributed by atoms with Gasteiger partial charge in [-0.05, 0) is 52.1 Å². The van der Waals surface area contributed by atoms with Crippen LogP contribution in [0.5, 0.6) is 0 Å². The molecule has 1 rings (SSSR count). The molecular weight excluding hydrogens is 188 g/mol. The second-order valence-corrected chi connectivity index (χ2v) is 4.32. The largest absolute Gasteiger partial charge is 0.343 e. The van der Waals surface area contributed by atoms with Gasteiger partial charge in [0, 0.05) is 19.5 Å². The van der Waals surface area contributed by atoms with Crippen molar-refractivity contribution >= 4 is 5.91 Å². The molecule has 1 saturated heterocycles. The number of rotatable bonds is 4. The van der Waals surface area contributed by atoms with Gasteiger partial charge in [-0.1, -0.05) is 0 Å². The molecule has 1 fully saturated rings. The maximum absolute atomic E-state index is 11.9. The van der Waals surface area contributed by atoms with Gasteiger partial charge in [-0.25, -0.2) is 0 Å². The van der Waals surface area contributed by atoms with E-state index in [2.05, 4.69) is 19.2 Å². The predicted octanol–water partition coefficient (Wildman–Crippen LogP) is 1.63. The van der Waals surface area contributed by atoms with E-state index in [1.54, 1.807) is 0 Å². The Morgan fingerprint density at radius 1 is 1.27 bits per heavy atom. The van der Waals surface area contributed by atoms with Gasteiger partial charge in [0.2, 0.25) is 5.91 Å². The maximum atomic E-state index is 11.9. The van der Waals surface area contributed by atoms with Crippen molar-refractivity contribution < 1.29 is 4.79 Å². The average molecular weight is 212 g/mol. The van der Waals surface area contributed by atoms with Crippen LogP contribution in [0, 0.1) is 5.92 Å². The van der Waals surface area contributed by atoms with Gasteiger partial charge >= 0.3 is 0 Å². The summed E-state index contributed by atoms with van der Waals surface area (Å²) in [5.41, 5.74) is 0. The molecule has 1 aliphatic rings. The molecule has 0 spiro atoms. The number of carbonyl (C=O) groups excluding carboxylic acids is 1. The third-order valence-corrected chi connectivity index (χ3v) is 3.27. The Morgan fingerprint density at radius 3 is 2.67 bits per heavy atom. The highest BCUT2D eigenvalue weighted by atomic mass is 16.2. The van der Waals surface area contributed by atoms with E-state index in [1.165, 1.54) is 12.8 Å². The third-order valence-electron chi connectivity index (χ3n) is 3.27. The second-order valence-electron chi connectivity index (χ2n) is 4.32. The Labute approximate surface area is 93.2 Å². The monoisotopic (exact) mass is 212 g/mol. The fraction of sp³-hybridized carbons (Fsp3) is 0.917. The normalized spacial score (nSPS) is 22.1. The Bertz CT molecular complexity index is 182. The van der Waals surface area contributed by atoms with Gasteiger partial charge in [-0.15, -0.1) is 0 Å². The Hall–Kier alpha value is -0.570. The lowest BCUT2D eigenvalue weighted by Crippen LogP contribution is -2.32. The minimum absolute atomic E-state index is 0.340. The van der Waals surface area contributed by atoms with Gasteiger partial charge in [0.05, 0.1) is 0 Å². The van der Waals surface area contributed by atoms with Crippen LogP contribution in [-0.4, -0.2) is 37.0 Å². The molecule has 0 aliphatic carbocycles. The van der Waals surface area contributed by atoms with Crippen molar-refractivity contribution in [3.63, 3.8) is 0 Å². The van der Waals surface area contributed by atoms with Crippen LogP contribution in [0.4, 0.5) is 0 Å². The Morgan fingerprint density at radius 2 is 2.00 bits per heavy atom. The minimum atomic E-state index is 0.340. The molecule has 15 heavy (non-hydrogen) atoms. The molecule has 1 amide bonds. The van der Waals surface area contributed by atoms with Gasteiger partial charge in [-0.2, -0.15) is 0 Å². The van der Waals surface area contributed by atoms with E-state index in [4.69, 9.17) is 0 Å². The molecule has 1 heterocycles. The van der Waals surface area contributed by atoms with Gasteiger partial charge in [0.25, 0.3) is 0 Å². The quantitative estimate of drug-likeness (QED) is 0.768. The van der Waals surface area contributed by atoms with Crippen LogP contribution >= 0.6 is 0 Å². The molecule has 1 unspecified atom stereocenters. The first-order chi connectivity index (χ1) is 7.27. The number of nitrogens with zero attached hydrogens (tertiary/aromatic N) is 1. The fourth-order valence-electron chi connectivity index (χ4n) is 2.25. The molecule has 0 saturated carbocycles. The van der Waals surface area contributed by atoms with Crippen LogP contribution in [-0.2, 0) is 4.79 Å². The zero-order valence-electron chi connectivity index (χ0n) is 10.1. The molecule has 1 aliphatic heterocycles. The molecule has 0 bridgehead atoms. The molecule has 0 aromatic heterocycles. The van der Waals surface area contributed by atoms with E-state index in [0.717, 1.165) is 39.0 Å². The Balaban J connectivity index is 2.34.